The maximum atomic E-state index is 12.2. The fourth-order valence-corrected chi connectivity index (χ4v) is 1.92. The van der Waals surface area contributed by atoms with E-state index >= 15 is 0 Å². The van der Waals surface area contributed by atoms with Crippen molar-refractivity contribution in [3.63, 3.8) is 0 Å². The van der Waals surface area contributed by atoms with Gasteiger partial charge in [0.2, 0.25) is 5.91 Å². The van der Waals surface area contributed by atoms with Gasteiger partial charge in [-0.25, -0.2) is 0 Å². The van der Waals surface area contributed by atoms with Crippen LogP contribution in [0, 0.1) is 6.92 Å². The average molecular weight is 263 g/mol. The van der Waals surface area contributed by atoms with Crippen LogP contribution in [0.4, 0.5) is 11.4 Å². The molecule has 1 rings (SSSR count). The molecule has 19 heavy (non-hydrogen) atoms. The number of likely N-dealkylation sites (N-methyl/N-ethyl adjacent to an activating group) is 1. The lowest BCUT2D eigenvalue weighted by molar-refractivity contribution is -0.121. The molecule has 2 atom stereocenters. The molecule has 0 aliphatic heterocycles. The number of nitrogens with two attached hydrogens (primary N) is 1. The molecule has 0 aliphatic rings. The lowest BCUT2D eigenvalue weighted by atomic mass is 10.1. The Morgan fingerprint density at radius 2 is 2.05 bits per heavy atom. The Morgan fingerprint density at radius 1 is 1.42 bits per heavy atom. The minimum atomic E-state index is -0.160. The first-order valence-electron chi connectivity index (χ1n) is 6.75. The van der Waals surface area contributed by atoms with E-state index < -0.39 is 0 Å². The maximum Gasteiger partial charge on any atom is 0.241 e. The van der Waals surface area contributed by atoms with Crippen LogP contribution in [-0.2, 0) is 4.79 Å². The van der Waals surface area contributed by atoms with E-state index in [4.69, 9.17) is 5.73 Å². The first kappa shape index (κ1) is 15.5. The number of amides is 1. The van der Waals surface area contributed by atoms with Gasteiger partial charge >= 0.3 is 0 Å². The molecule has 0 saturated heterocycles. The fraction of sp³-hybridized carbons (Fsp3) is 0.533. The summed E-state index contributed by atoms with van der Waals surface area (Å²) in [5.74, 6) is 0.00988. The molecule has 0 bridgehead atoms. The number of nitrogens with one attached hydrogen (secondary N) is 1. The van der Waals surface area contributed by atoms with Crippen LogP contribution in [-0.4, -0.2) is 29.9 Å². The summed E-state index contributed by atoms with van der Waals surface area (Å²) in [6, 6.07) is 5.73. The van der Waals surface area contributed by atoms with E-state index in [1.165, 1.54) is 0 Å². The van der Waals surface area contributed by atoms with Gasteiger partial charge in [-0.05, 0) is 58.0 Å². The second kappa shape index (κ2) is 6.57. The molecule has 1 aromatic rings. The molecule has 1 amide bonds. The van der Waals surface area contributed by atoms with E-state index in [0.29, 0.717) is 11.7 Å². The number of benzene rings is 1. The lowest BCUT2D eigenvalue weighted by Gasteiger charge is -2.29. The van der Waals surface area contributed by atoms with Crippen molar-refractivity contribution in [3.05, 3.63) is 23.8 Å². The van der Waals surface area contributed by atoms with Crippen molar-refractivity contribution in [2.24, 2.45) is 0 Å². The first-order valence-corrected chi connectivity index (χ1v) is 6.75. The molecule has 0 heterocycles. The molecule has 2 unspecified atom stereocenters. The molecule has 0 spiro atoms. The van der Waals surface area contributed by atoms with Crippen molar-refractivity contribution in [3.8, 4) is 0 Å². The summed E-state index contributed by atoms with van der Waals surface area (Å²) in [7, 11) is 1.98. The molecule has 106 valence electrons. The molecule has 4 heteroatoms. The Balaban J connectivity index is 2.74. The van der Waals surface area contributed by atoms with Crippen LogP contribution in [0.2, 0.25) is 0 Å². The molecule has 0 fully saturated rings. The lowest BCUT2D eigenvalue weighted by Crippen LogP contribution is -2.44. The minimum absolute atomic E-state index is 0.00988. The third-order valence-electron chi connectivity index (χ3n) is 3.78. The van der Waals surface area contributed by atoms with Crippen molar-refractivity contribution in [1.82, 2.24) is 4.90 Å². The fourth-order valence-electron chi connectivity index (χ4n) is 1.92. The van der Waals surface area contributed by atoms with E-state index in [1.807, 2.05) is 33.0 Å². The third kappa shape index (κ3) is 3.96. The highest BCUT2D eigenvalue weighted by atomic mass is 16.2. The van der Waals surface area contributed by atoms with Gasteiger partial charge in [0.05, 0.1) is 6.04 Å². The first-order chi connectivity index (χ1) is 8.86. The van der Waals surface area contributed by atoms with Gasteiger partial charge in [0.15, 0.2) is 0 Å². The second-order valence-electron chi connectivity index (χ2n) is 5.16. The molecule has 1 aromatic carbocycles. The summed E-state index contributed by atoms with van der Waals surface area (Å²) in [5, 5.41) is 2.96. The number of carbonyl (C=O) groups excluding carboxylic acids is 1. The molecule has 0 aromatic heterocycles. The van der Waals surface area contributed by atoms with Crippen molar-refractivity contribution in [2.75, 3.05) is 18.1 Å². The third-order valence-corrected chi connectivity index (χ3v) is 3.78. The van der Waals surface area contributed by atoms with Crippen LogP contribution in [0.3, 0.4) is 0 Å². The van der Waals surface area contributed by atoms with Crippen molar-refractivity contribution >= 4 is 17.3 Å². The van der Waals surface area contributed by atoms with Crippen molar-refractivity contribution in [2.45, 2.75) is 46.2 Å². The number of hydrogen-bond acceptors (Lipinski definition) is 3. The van der Waals surface area contributed by atoms with Gasteiger partial charge in [0.25, 0.3) is 0 Å². The van der Waals surface area contributed by atoms with Gasteiger partial charge in [0.1, 0.15) is 0 Å². The largest absolute Gasteiger partial charge is 0.399 e. The molecule has 4 nitrogen and oxygen atoms in total. The number of nitrogens with zero attached hydrogens (tertiary/aromatic N) is 1. The predicted octanol–water partition coefficient (Wildman–Crippen LogP) is 2.63. The predicted molar refractivity (Wildman–Crippen MR) is 81.2 cm³/mol. The van der Waals surface area contributed by atoms with E-state index in [0.717, 1.165) is 17.7 Å². The number of rotatable bonds is 5. The average Bonchev–Trinajstić information content (AvgIpc) is 2.39. The van der Waals surface area contributed by atoms with Crippen LogP contribution in [0.1, 0.15) is 32.8 Å². The van der Waals surface area contributed by atoms with E-state index in [2.05, 4.69) is 24.1 Å². The van der Waals surface area contributed by atoms with E-state index in [1.54, 1.807) is 6.07 Å². The normalized spacial score (nSPS) is 14.2. The Kier molecular flexibility index (Phi) is 5.36. The van der Waals surface area contributed by atoms with Crippen LogP contribution in [0.25, 0.3) is 0 Å². The topological polar surface area (TPSA) is 58.4 Å². The molecule has 3 N–H and O–H groups in total. The number of carbonyl (C=O) groups is 1. The molecule has 0 saturated carbocycles. The molecule has 0 radical (unpaired) electrons. The monoisotopic (exact) mass is 263 g/mol. The summed E-state index contributed by atoms with van der Waals surface area (Å²) >= 11 is 0. The van der Waals surface area contributed by atoms with Crippen molar-refractivity contribution < 1.29 is 4.79 Å². The maximum absolute atomic E-state index is 12.2. The standard InChI is InChI=1S/C15H25N3O/c1-6-11(3)18(5)12(4)15(19)17-14-8-7-13(16)9-10(14)2/h7-9,11-12H,6,16H2,1-5H3,(H,17,19). The van der Waals surface area contributed by atoms with Gasteiger partial charge in [-0.1, -0.05) is 6.92 Å². The molecular weight excluding hydrogens is 238 g/mol. The van der Waals surface area contributed by atoms with Crippen LogP contribution in [0.15, 0.2) is 18.2 Å². The zero-order chi connectivity index (χ0) is 14.6. The smallest absolute Gasteiger partial charge is 0.241 e. The summed E-state index contributed by atoms with van der Waals surface area (Å²) in [4.78, 5) is 14.3. The SMILES string of the molecule is CCC(C)N(C)C(C)C(=O)Nc1ccc(N)cc1C. The summed E-state index contributed by atoms with van der Waals surface area (Å²) in [6.07, 6.45) is 1.02. The van der Waals surface area contributed by atoms with Gasteiger partial charge in [-0.3, -0.25) is 9.69 Å². The van der Waals surface area contributed by atoms with Crippen LogP contribution < -0.4 is 11.1 Å². The zero-order valence-electron chi connectivity index (χ0n) is 12.5. The van der Waals surface area contributed by atoms with Crippen molar-refractivity contribution in [1.29, 1.82) is 0 Å². The summed E-state index contributed by atoms with van der Waals surface area (Å²) < 4.78 is 0. The Morgan fingerprint density at radius 3 is 2.58 bits per heavy atom. The quantitative estimate of drug-likeness (QED) is 0.803. The highest BCUT2D eigenvalue weighted by molar-refractivity contribution is 5.95. The second-order valence-corrected chi connectivity index (χ2v) is 5.16. The van der Waals surface area contributed by atoms with Gasteiger partial charge in [0, 0.05) is 17.4 Å². The highest BCUT2D eigenvalue weighted by Gasteiger charge is 2.21. The number of hydrogen-bond donors (Lipinski definition) is 2. The summed E-state index contributed by atoms with van der Waals surface area (Å²) in [6.45, 7) is 8.11. The summed E-state index contributed by atoms with van der Waals surface area (Å²) in [5.41, 5.74) is 8.21. The highest BCUT2D eigenvalue weighted by Crippen LogP contribution is 2.18. The minimum Gasteiger partial charge on any atom is -0.399 e. The van der Waals surface area contributed by atoms with Gasteiger partial charge in [-0.2, -0.15) is 0 Å². The number of nitrogen functional groups attached to an aromatic ring is 1. The van der Waals surface area contributed by atoms with Gasteiger partial charge < -0.3 is 11.1 Å². The zero-order valence-corrected chi connectivity index (χ0v) is 12.5. The molecule has 0 aliphatic carbocycles. The van der Waals surface area contributed by atoms with Crippen LogP contribution in [0.5, 0.6) is 0 Å². The number of anilines is 2. The number of aryl methyl sites for hydroxylation is 1. The molecular formula is C15H25N3O. The van der Waals surface area contributed by atoms with E-state index in [9.17, 15) is 4.79 Å². The Hall–Kier alpha value is -1.55. The Bertz CT molecular complexity index is 445. The Labute approximate surface area is 116 Å². The van der Waals surface area contributed by atoms with E-state index in [-0.39, 0.29) is 11.9 Å². The van der Waals surface area contributed by atoms with Crippen LogP contribution >= 0.6 is 0 Å². The van der Waals surface area contributed by atoms with Gasteiger partial charge in [-0.15, -0.1) is 0 Å².